The second-order valence-corrected chi connectivity index (χ2v) is 21.3. The molecule has 0 unspecified atom stereocenters. The highest BCUT2D eigenvalue weighted by atomic mass is 16.6. The average Bonchev–Trinajstić information content (AvgIpc) is 3.41. The van der Waals surface area contributed by atoms with Gasteiger partial charge in [-0.05, 0) is 109 Å². The summed E-state index contributed by atoms with van der Waals surface area (Å²) in [6.07, 6.45) is 83.1. The maximum absolute atomic E-state index is 12.9. The van der Waals surface area contributed by atoms with Crippen molar-refractivity contribution in [2.75, 3.05) is 13.2 Å². The topological polar surface area (TPSA) is 78.9 Å². The SMILES string of the molecule is CCCCC/C=C\C/C=C\C/C=C\C/C=C\C/C=C\CCC(=O)OC[C@H](COC(=O)CCCCCCCCC/C=C\CCCCCCCC)OC(=O)CCCCCCCCCCCCC/C=C\CCCCCCCC. The third kappa shape index (κ3) is 61.3. The molecule has 0 aliphatic carbocycles. The van der Waals surface area contributed by atoms with Crippen LogP contribution in [0.3, 0.4) is 0 Å². The van der Waals surface area contributed by atoms with Crippen LogP contribution in [0.1, 0.15) is 316 Å². The summed E-state index contributed by atoms with van der Waals surface area (Å²) in [6, 6.07) is 0. The Morgan fingerprint density at radius 1 is 0.267 bits per heavy atom. The highest BCUT2D eigenvalue weighted by Gasteiger charge is 2.19. The van der Waals surface area contributed by atoms with Gasteiger partial charge in [0.15, 0.2) is 6.10 Å². The second-order valence-electron chi connectivity index (χ2n) is 21.3. The molecule has 432 valence electrons. The van der Waals surface area contributed by atoms with E-state index in [2.05, 4.69) is 99.8 Å². The second kappa shape index (κ2) is 63.1. The van der Waals surface area contributed by atoms with E-state index < -0.39 is 6.10 Å². The molecule has 0 rings (SSSR count). The molecule has 0 saturated heterocycles. The van der Waals surface area contributed by atoms with E-state index in [4.69, 9.17) is 14.2 Å². The van der Waals surface area contributed by atoms with E-state index in [9.17, 15) is 14.4 Å². The minimum atomic E-state index is -0.810. The van der Waals surface area contributed by atoms with Crippen LogP contribution in [0.5, 0.6) is 0 Å². The van der Waals surface area contributed by atoms with Gasteiger partial charge in [-0.3, -0.25) is 14.4 Å². The molecule has 0 aromatic carbocycles. The van der Waals surface area contributed by atoms with Crippen molar-refractivity contribution in [3.8, 4) is 0 Å². The van der Waals surface area contributed by atoms with Crippen molar-refractivity contribution in [3.63, 3.8) is 0 Å². The predicted molar refractivity (Wildman–Crippen MR) is 325 cm³/mol. The summed E-state index contributed by atoms with van der Waals surface area (Å²) in [5, 5.41) is 0. The largest absolute Gasteiger partial charge is 0.462 e. The molecule has 75 heavy (non-hydrogen) atoms. The fraction of sp³-hybridized carbons (Fsp3) is 0.754. The van der Waals surface area contributed by atoms with Gasteiger partial charge < -0.3 is 14.2 Å². The van der Waals surface area contributed by atoms with E-state index in [1.165, 1.54) is 205 Å². The number of ether oxygens (including phenoxy) is 3. The summed E-state index contributed by atoms with van der Waals surface area (Å²) in [5.74, 6) is -0.980. The molecule has 0 saturated carbocycles. The standard InChI is InChI=1S/C69H120O6/c1-4-7-10-13-16-19-22-25-28-31-33-34-36-39-42-45-48-51-54-57-60-63-69(72)75-66(64-73-67(70)61-58-55-52-49-46-43-40-37-30-27-24-21-18-15-12-9-6-3)65-74-68(71)62-59-56-53-50-47-44-41-38-35-32-29-26-23-20-17-14-11-8-5-2/h17,20,25-30,35,38,44,47,53,56,66H,4-16,18-19,21-24,31-34,36-37,39-43,45-46,48-52,54-55,57-65H2,1-3H3/b20-17-,28-25-,29-26-,30-27-,38-35-,47-44-,56-53-/t66-/m0/s1. The Morgan fingerprint density at radius 2 is 0.507 bits per heavy atom. The Hall–Kier alpha value is -3.41. The quantitative estimate of drug-likeness (QED) is 0.0261. The van der Waals surface area contributed by atoms with E-state index in [0.29, 0.717) is 19.3 Å². The number of hydrogen-bond acceptors (Lipinski definition) is 6. The zero-order valence-corrected chi connectivity index (χ0v) is 49.6. The molecule has 1 atom stereocenters. The number of rotatable bonds is 58. The van der Waals surface area contributed by atoms with Crippen LogP contribution in [0.15, 0.2) is 85.1 Å². The van der Waals surface area contributed by atoms with Crippen molar-refractivity contribution in [1.82, 2.24) is 0 Å². The fourth-order valence-corrected chi connectivity index (χ4v) is 9.00. The summed E-state index contributed by atoms with van der Waals surface area (Å²) in [7, 11) is 0. The molecule has 0 N–H and O–H groups in total. The lowest BCUT2D eigenvalue weighted by Crippen LogP contribution is -2.30. The normalized spacial score (nSPS) is 12.6. The minimum absolute atomic E-state index is 0.101. The Morgan fingerprint density at radius 3 is 0.867 bits per heavy atom. The van der Waals surface area contributed by atoms with Crippen LogP contribution in [0.25, 0.3) is 0 Å². The Labute approximate surface area is 465 Å². The van der Waals surface area contributed by atoms with Gasteiger partial charge in [0.05, 0.1) is 0 Å². The molecule has 6 heteroatoms. The number of esters is 3. The summed E-state index contributed by atoms with van der Waals surface area (Å²) in [6.45, 7) is 6.57. The first-order valence-electron chi connectivity index (χ1n) is 32.1. The summed E-state index contributed by atoms with van der Waals surface area (Å²) < 4.78 is 16.9. The fourth-order valence-electron chi connectivity index (χ4n) is 9.00. The Bertz CT molecular complexity index is 1430. The molecular weight excluding hydrogens is 925 g/mol. The Kier molecular flexibility index (Phi) is 60.3. The average molecular weight is 1050 g/mol. The first-order valence-corrected chi connectivity index (χ1v) is 32.1. The maximum Gasteiger partial charge on any atom is 0.306 e. The van der Waals surface area contributed by atoms with E-state index >= 15 is 0 Å². The van der Waals surface area contributed by atoms with Crippen molar-refractivity contribution in [2.24, 2.45) is 0 Å². The van der Waals surface area contributed by atoms with Gasteiger partial charge in [-0.2, -0.15) is 0 Å². The molecule has 0 fully saturated rings. The van der Waals surface area contributed by atoms with Crippen LogP contribution in [0, 0.1) is 0 Å². The van der Waals surface area contributed by atoms with Gasteiger partial charge in [-0.1, -0.05) is 273 Å². The number of allylic oxidation sites excluding steroid dienone is 14. The molecule has 0 aromatic heterocycles. The number of hydrogen-bond donors (Lipinski definition) is 0. The molecule has 0 amide bonds. The highest BCUT2D eigenvalue weighted by Crippen LogP contribution is 2.16. The van der Waals surface area contributed by atoms with Crippen molar-refractivity contribution in [2.45, 2.75) is 322 Å². The van der Waals surface area contributed by atoms with E-state index in [1.54, 1.807) is 0 Å². The van der Waals surface area contributed by atoms with Gasteiger partial charge in [0.1, 0.15) is 13.2 Å². The minimum Gasteiger partial charge on any atom is -0.462 e. The predicted octanol–water partition coefficient (Wildman–Crippen LogP) is 21.9. The lowest BCUT2D eigenvalue weighted by Gasteiger charge is -2.18. The summed E-state index contributed by atoms with van der Waals surface area (Å²) in [5.41, 5.74) is 0. The monoisotopic (exact) mass is 1040 g/mol. The molecule has 0 aliphatic rings. The van der Waals surface area contributed by atoms with Crippen molar-refractivity contribution in [3.05, 3.63) is 85.1 Å². The van der Waals surface area contributed by atoms with Crippen LogP contribution in [-0.4, -0.2) is 37.2 Å². The van der Waals surface area contributed by atoms with Gasteiger partial charge in [0.2, 0.25) is 0 Å². The number of carbonyl (C=O) groups is 3. The molecule has 0 bridgehead atoms. The van der Waals surface area contributed by atoms with Crippen molar-refractivity contribution in [1.29, 1.82) is 0 Å². The van der Waals surface area contributed by atoms with Gasteiger partial charge in [0.25, 0.3) is 0 Å². The van der Waals surface area contributed by atoms with Crippen LogP contribution in [0.4, 0.5) is 0 Å². The first-order chi connectivity index (χ1) is 37.0. The molecule has 0 spiro atoms. The van der Waals surface area contributed by atoms with Gasteiger partial charge in [-0.15, -0.1) is 0 Å². The first kappa shape index (κ1) is 71.6. The Balaban J connectivity index is 4.47. The summed E-state index contributed by atoms with van der Waals surface area (Å²) in [4.78, 5) is 38.3. The zero-order chi connectivity index (χ0) is 54.3. The molecule has 0 aliphatic heterocycles. The van der Waals surface area contributed by atoms with Crippen molar-refractivity contribution >= 4 is 17.9 Å². The third-order valence-corrected chi connectivity index (χ3v) is 13.9. The number of carbonyl (C=O) groups excluding carboxylic acids is 3. The van der Waals surface area contributed by atoms with Crippen LogP contribution >= 0.6 is 0 Å². The molecule has 0 aromatic rings. The van der Waals surface area contributed by atoms with Crippen LogP contribution < -0.4 is 0 Å². The lowest BCUT2D eigenvalue weighted by atomic mass is 10.0. The molecule has 0 heterocycles. The maximum atomic E-state index is 12.9. The van der Waals surface area contributed by atoms with Gasteiger partial charge in [-0.25, -0.2) is 0 Å². The van der Waals surface area contributed by atoms with E-state index in [0.717, 1.165) is 64.2 Å². The molecule has 6 nitrogen and oxygen atoms in total. The smallest absolute Gasteiger partial charge is 0.306 e. The van der Waals surface area contributed by atoms with Crippen molar-refractivity contribution < 1.29 is 28.6 Å². The summed E-state index contributed by atoms with van der Waals surface area (Å²) >= 11 is 0. The van der Waals surface area contributed by atoms with E-state index in [1.807, 2.05) is 6.08 Å². The van der Waals surface area contributed by atoms with Gasteiger partial charge in [0, 0.05) is 19.3 Å². The lowest BCUT2D eigenvalue weighted by molar-refractivity contribution is -0.166. The molecular formula is C69H120O6. The van der Waals surface area contributed by atoms with Crippen LogP contribution in [-0.2, 0) is 28.6 Å². The van der Waals surface area contributed by atoms with Gasteiger partial charge >= 0.3 is 17.9 Å². The zero-order valence-electron chi connectivity index (χ0n) is 49.6. The van der Waals surface area contributed by atoms with Crippen LogP contribution in [0.2, 0.25) is 0 Å². The highest BCUT2D eigenvalue weighted by molar-refractivity contribution is 5.71. The molecule has 0 radical (unpaired) electrons. The van der Waals surface area contributed by atoms with E-state index in [-0.39, 0.29) is 37.5 Å². The third-order valence-electron chi connectivity index (χ3n) is 13.9. The number of unbranched alkanes of at least 4 members (excludes halogenated alkanes) is 33.